The summed E-state index contributed by atoms with van der Waals surface area (Å²) in [5, 5.41) is 9.89. The topological polar surface area (TPSA) is 201 Å². The van der Waals surface area contributed by atoms with Crippen molar-refractivity contribution >= 4 is 29.8 Å². The van der Waals surface area contributed by atoms with E-state index in [-0.39, 0.29) is 45.4 Å². The highest BCUT2D eigenvalue weighted by atomic mass is 16.6. The fourth-order valence-corrected chi connectivity index (χ4v) is 3.26. The first-order valence-electron chi connectivity index (χ1n) is 13.9. The number of azide groups is 1. The van der Waals surface area contributed by atoms with Crippen molar-refractivity contribution in [2.45, 2.75) is 104 Å². The lowest BCUT2D eigenvalue weighted by molar-refractivity contribution is -0.146. The fourth-order valence-electron chi connectivity index (χ4n) is 3.26. The Morgan fingerprint density at radius 1 is 0.951 bits per heavy atom. The maximum Gasteiger partial charge on any atom is 0.408 e. The van der Waals surface area contributed by atoms with Gasteiger partial charge in [0.15, 0.2) is 0 Å². The lowest BCUT2D eigenvalue weighted by Gasteiger charge is -2.25. The normalized spacial score (nSPS) is 12.4. The summed E-state index contributed by atoms with van der Waals surface area (Å²) in [5.74, 6) is -2.20. The van der Waals surface area contributed by atoms with Crippen molar-refractivity contribution in [1.29, 1.82) is 0 Å². The molecule has 0 aliphatic heterocycles. The predicted molar refractivity (Wildman–Crippen MR) is 150 cm³/mol. The van der Waals surface area contributed by atoms with Gasteiger partial charge in [0.25, 0.3) is 0 Å². The van der Waals surface area contributed by atoms with Crippen LogP contribution in [0.2, 0.25) is 0 Å². The Morgan fingerprint density at radius 3 is 2.12 bits per heavy atom. The van der Waals surface area contributed by atoms with E-state index in [1.807, 2.05) is 13.8 Å². The molecule has 0 bridgehead atoms. The molecule has 0 aromatic heterocycles. The largest absolute Gasteiger partial charge is 0.466 e. The van der Waals surface area contributed by atoms with Crippen LogP contribution in [-0.2, 0) is 33.4 Å². The molecule has 0 aliphatic rings. The number of carbonyl (C=O) groups excluding carboxylic acids is 5. The zero-order valence-corrected chi connectivity index (χ0v) is 25.2. The van der Waals surface area contributed by atoms with Gasteiger partial charge in [-0.1, -0.05) is 31.8 Å². The molecule has 0 aromatic carbocycles. The molecule has 0 unspecified atom stereocenters. The number of amides is 3. The van der Waals surface area contributed by atoms with Crippen LogP contribution in [0.1, 0.15) is 86.0 Å². The maximum atomic E-state index is 13.2. The summed E-state index contributed by atoms with van der Waals surface area (Å²) in [5.41, 5.74) is 10.3. The summed E-state index contributed by atoms with van der Waals surface area (Å²) in [6.07, 6.45) is 1.99. The molecule has 3 amide bonds. The molecule has 2 atom stereocenters. The maximum absolute atomic E-state index is 13.2. The standard InChI is InChI=1S/C26H47N7O8/c1-7-9-15-39-22(35)12-11-20(30-25(38)41-26(3,4)5)24(37)29-19(13-14-28-32-27)17-21(34)31-33(6)18-23(36)40-16-10-8-2/h19-20H,7-18H2,1-6H3,(H,29,37)(H,30,38)(H,31,34)/t19-,20-/m0/s1. The number of alkyl carbamates (subject to hydrolysis) is 1. The van der Waals surface area contributed by atoms with Crippen LogP contribution in [0, 0.1) is 0 Å². The first kappa shape index (κ1) is 37.4. The second-order valence-electron chi connectivity index (χ2n) is 10.4. The molecule has 0 saturated heterocycles. The van der Waals surface area contributed by atoms with E-state index in [9.17, 15) is 24.0 Å². The number of nitrogens with one attached hydrogen (secondary N) is 3. The highest BCUT2D eigenvalue weighted by Crippen LogP contribution is 2.09. The van der Waals surface area contributed by atoms with Crippen LogP contribution < -0.4 is 16.1 Å². The molecule has 0 rings (SSSR count). The first-order chi connectivity index (χ1) is 19.3. The SMILES string of the molecule is CCCCOC(=O)CC[C@H](NC(=O)OC(C)(C)C)C(=O)N[C@@H](CCN=[N+]=[N-])CC(=O)NN(C)CC(=O)OCCCC. The van der Waals surface area contributed by atoms with Gasteiger partial charge in [-0.3, -0.25) is 24.6 Å². The van der Waals surface area contributed by atoms with E-state index in [0.29, 0.717) is 13.0 Å². The lowest BCUT2D eigenvalue weighted by atomic mass is 10.1. The van der Waals surface area contributed by atoms with Crippen molar-refractivity contribution in [2.75, 3.05) is 33.4 Å². The number of carbonyl (C=O) groups is 5. The van der Waals surface area contributed by atoms with Crippen molar-refractivity contribution in [3.05, 3.63) is 10.4 Å². The molecular formula is C26H47N7O8. The third-order valence-electron chi connectivity index (χ3n) is 5.27. The van der Waals surface area contributed by atoms with Gasteiger partial charge in [0.1, 0.15) is 18.2 Å². The second-order valence-corrected chi connectivity index (χ2v) is 10.4. The van der Waals surface area contributed by atoms with E-state index in [0.717, 1.165) is 19.3 Å². The van der Waals surface area contributed by atoms with E-state index in [2.05, 4.69) is 26.1 Å². The van der Waals surface area contributed by atoms with Gasteiger partial charge in [0.05, 0.1) is 13.2 Å². The lowest BCUT2D eigenvalue weighted by Crippen LogP contribution is -2.52. The number of hydrogen-bond acceptors (Lipinski definition) is 10. The van der Waals surface area contributed by atoms with Gasteiger partial charge in [-0.15, -0.1) is 0 Å². The molecule has 15 heteroatoms. The molecule has 234 valence electrons. The Hall–Kier alpha value is -3.58. The minimum Gasteiger partial charge on any atom is -0.466 e. The average molecular weight is 586 g/mol. The highest BCUT2D eigenvalue weighted by Gasteiger charge is 2.28. The van der Waals surface area contributed by atoms with E-state index in [4.69, 9.17) is 19.7 Å². The van der Waals surface area contributed by atoms with Crippen molar-refractivity contribution in [2.24, 2.45) is 5.11 Å². The van der Waals surface area contributed by atoms with Gasteiger partial charge in [-0.25, -0.2) is 9.80 Å². The number of likely N-dealkylation sites (N-methyl/N-ethyl adjacent to an activating group) is 1. The van der Waals surface area contributed by atoms with Crippen LogP contribution in [0.15, 0.2) is 5.11 Å². The number of rotatable bonds is 20. The Balaban J connectivity index is 5.36. The third kappa shape index (κ3) is 20.9. The number of esters is 2. The van der Waals surface area contributed by atoms with E-state index in [1.165, 1.54) is 12.1 Å². The van der Waals surface area contributed by atoms with Crippen LogP contribution in [0.4, 0.5) is 4.79 Å². The molecule has 0 fully saturated rings. The van der Waals surface area contributed by atoms with Gasteiger partial charge in [-0.2, -0.15) is 0 Å². The quantitative estimate of drug-likeness (QED) is 0.0365. The fraction of sp³-hybridized carbons (Fsp3) is 0.808. The monoisotopic (exact) mass is 585 g/mol. The van der Waals surface area contributed by atoms with Crippen LogP contribution >= 0.6 is 0 Å². The third-order valence-corrected chi connectivity index (χ3v) is 5.27. The highest BCUT2D eigenvalue weighted by molar-refractivity contribution is 5.87. The molecule has 0 spiro atoms. The van der Waals surface area contributed by atoms with Gasteiger partial charge in [-0.05, 0) is 52.0 Å². The summed E-state index contributed by atoms with van der Waals surface area (Å²) in [6, 6.07) is -1.97. The van der Waals surface area contributed by atoms with Gasteiger partial charge >= 0.3 is 18.0 Å². The van der Waals surface area contributed by atoms with Crippen LogP contribution in [0.25, 0.3) is 10.4 Å². The number of hydrazine groups is 1. The zero-order valence-electron chi connectivity index (χ0n) is 25.2. The van der Waals surface area contributed by atoms with Gasteiger partial charge in [0.2, 0.25) is 11.8 Å². The zero-order chi connectivity index (χ0) is 31.3. The van der Waals surface area contributed by atoms with E-state index >= 15 is 0 Å². The molecule has 3 N–H and O–H groups in total. The van der Waals surface area contributed by atoms with Crippen LogP contribution in [0.5, 0.6) is 0 Å². The van der Waals surface area contributed by atoms with Gasteiger partial charge in [0, 0.05) is 37.4 Å². The van der Waals surface area contributed by atoms with Crippen LogP contribution in [0.3, 0.4) is 0 Å². The van der Waals surface area contributed by atoms with Crippen molar-refractivity contribution in [3.63, 3.8) is 0 Å². The minimum atomic E-state index is -1.17. The number of ether oxygens (including phenoxy) is 3. The predicted octanol–water partition coefficient (Wildman–Crippen LogP) is 2.88. The molecule has 0 aromatic rings. The smallest absolute Gasteiger partial charge is 0.408 e. The van der Waals surface area contributed by atoms with Crippen LogP contribution in [-0.4, -0.2) is 85.9 Å². The Bertz CT molecular complexity index is 888. The first-order valence-corrected chi connectivity index (χ1v) is 13.9. The van der Waals surface area contributed by atoms with E-state index in [1.54, 1.807) is 20.8 Å². The van der Waals surface area contributed by atoms with Gasteiger partial charge < -0.3 is 24.8 Å². The van der Waals surface area contributed by atoms with E-state index < -0.39 is 47.5 Å². The Morgan fingerprint density at radius 2 is 1.56 bits per heavy atom. The Kier molecular flexibility index (Phi) is 19.4. The molecule has 0 heterocycles. The van der Waals surface area contributed by atoms with Crippen molar-refractivity contribution in [3.8, 4) is 0 Å². The van der Waals surface area contributed by atoms with Crippen molar-refractivity contribution in [1.82, 2.24) is 21.1 Å². The molecule has 15 nitrogen and oxygen atoms in total. The number of unbranched alkanes of at least 4 members (excludes halogenated alkanes) is 2. The number of hydrogen-bond donors (Lipinski definition) is 3. The molecular weight excluding hydrogens is 538 g/mol. The Labute approximate surface area is 242 Å². The summed E-state index contributed by atoms with van der Waals surface area (Å²) >= 11 is 0. The molecule has 0 aliphatic carbocycles. The summed E-state index contributed by atoms with van der Waals surface area (Å²) in [6.45, 7) is 9.28. The minimum absolute atomic E-state index is 0.0117. The molecule has 0 saturated carbocycles. The summed E-state index contributed by atoms with van der Waals surface area (Å²) < 4.78 is 15.5. The number of nitrogens with zero attached hydrogens (tertiary/aromatic N) is 4. The van der Waals surface area contributed by atoms with Crippen molar-refractivity contribution < 1.29 is 38.2 Å². The molecule has 41 heavy (non-hydrogen) atoms. The second kappa shape index (κ2) is 21.2. The average Bonchev–Trinajstić information content (AvgIpc) is 2.85. The summed E-state index contributed by atoms with van der Waals surface area (Å²) in [4.78, 5) is 65.0. The molecule has 0 radical (unpaired) electrons. The summed E-state index contributed by atoms with van der Waals surface area (Å²) in [7, 11) is 1.49.